The number of hydrogen-bond donors (Lipinski definition) is 1. The molecule has 0 rings (SSSR count). The molecule has 2 unspecified atom stereocenters. The summed E-state index contributed by atoms with van der Waals surface area (Å²) < 4.78 is 5.17. The van der Waals surface area contributed by atoms with Crippen molar-refractivity contribution in [1.29, 1.82) is 0 Å². The lowest BCUT2D eigenvalue weighted by molar-refractivity contribution is -0.0105. The Morgan fingerprint density at radius 3 is 2.33 bits per heavy atom. The summed E-state index contributed by atoms with van der Waals surface area (Å²) in [6.45, 7) is 3.74. The standard InChI is InChI=1S/C6H13ClO2/c1-5(3-7)9-6(2)4-8/h5-6,8H,3-4H2,1-2H3. The lowest BCUT2D eigenvalue weighted by atomic mass is 10.4. The molecule has 0 fully saturated rings. The van der Waals surface area contributed by atoms with Crippen LogP contribution in [-0.4, -0.2) is 29.8 Å². The number of ether oxygens (including phenoxy) is 1. The van der Waals surface area contributed by atoms with E-state index in [1.807, 2.05) is 13.8 Å². The van der Waals surface area contributed by atoms with Crippen LogP contribution in [0.2, 0.25) is 0 Å². The van der Waals surface area contributed by atoms with Crippen molar-refractivity contribution < 1.29 is 9.84 Å². The van der Waals surface area contributed by atoms with Gasteiger partial charge in [0, 0.05) is 5.88 Å². The van der Waals surface area contributed by atoms with Gasteiger partial charge in [0.15, 0.2) is 0 Å². The van der Waals surface area contributed by atoms with Crippen molar-refractivity contribution >= 4 is 11.6 Å². The molecule has 0 saturated heterocycles. The lowest BCUT2D eigenvalue weighted by Gasteiger charge is -2.14. The second-order valence-corrected chi connectivity index (χ2v) is 2.40. The van der Waals surface area contributed by atoms with Crippen LogP contribution < -0.4 is 0 Å². The van der Waals surface area contributed by atoms with Crippen LogP contribution in [0, 0.1) is 0 Å². The van der Waals surface area contributed by atoms with E-state index in [1.54, 1.807) is 0 Å². The summed E-state index contributed by atoms with van der Waals surface area (Å²) in [7, 11) is 0. The summed E-state index contributed by atoms with van der Waals surface area (Å²) in [6, 6.07) is 0. The molecule has 1 N–H and O–H groups in total. The topological polar surface area (TPSA) is 29.5 Å². The van der Waals surface area contributed by atoms with Gasteiger partial charge in [0.1, 0.15) is 0 Å². The van der Waals surface area contributed by atoms with E-state index in [2.05, 4.69) is 0 Å². The van der Waals surface area contributed by atoms with Crippen LogP contribution in [0.25, 0.3) is 0 Å². The van der Waals surface area contributed by atoms with E-state index in [4.69, 9.17) is 21.4 Å². The summed E-state index contributed by atoms with van der Waals surface area (Å²) in [6.07, 6.45) is -0.0624. The normalized spacial score (nSPS) is 17.3. The number of hydrogen-bond acceptors (Lipinski definition) is 2. The first-order chi connectivity index (χ1) is 4.20. The van der Waals surface area contributed by atoms with Gasteiger partial charge in [-0.1, -0.05) is 0 Å². The summed E-state index contributed by atoms with van der Waals surface area (Å²) in [5.74, 6) is 0.477. The van der Waals surface area contributed by atoms with Gasteiger partial charge in [-0.25, -0.2) is 0 Å². The Bertz CT molecular complexity index is 60.1. The zero-order valence-electron chi connectivity index (χ0n) is 5.80. The van der Waals surface area contributed by atoms with E-state index in [0.29, 0.717) is 5.88 Å². The van der Waals surface area contributed by atoms with Crippen LogP contribution in [0.15, 0.2) is 0 Å². The van der Waals surface area contributed by atoms with Crippen molar-refractivity contribution in [2.75, 3.05) is 12.5 Å². The molecule has 0 heterocycles. The molecule has 0 aromatic rings. The fourth-order valence-corrected chi connectivity index (χ4v) is 0.549. The first-order valence-corrected chi connectivity index (χ1v) is 3.56. The quantitative estimate of drug-likeness (QED) is 0.610. The molecule has 0 aromatic heterocycles. The minimum atomic E-state index is -0.0984. The molecule has 0 saturated carbocycles. The van der Waals surface area contributed by atoms with E-state index in [0.717, 1.165) is 0 Å². The summed E-state index contributed by atoms with van der Waals surface area (Å²) in [4.78, 5) is 0. The first kappa shape index (κ1) is 9.21. The van der Waals surface area contributed by atoms with Crippen LogP contribution in [0.4, 0.5) is 0 Å². The smallest absolute Gasteiger partial charge is 0.0781 e. The van der Waals surface area contributed by atoms with Crippen molar-refractivity contribution in [2.45, 2.75) is 26.1 Å². The molecular weight excluding hydrogens is 140 g/mol. The summed E-state index contributed by atoms with van der Waals surface area (Å²) in [5, 5.41) is 8.51. The molecule has 2 atom stereocenters. The van der Waals surface area contributed by atoms with Crippen molar-refractivity contribution in [2.24, 2.45) is 0 Å². The highest BCUT2D eigenvalue weighted by Gasteiger charge is 2.04. The third-order valence-electron chi connectivity index (χ3n) is 0.939. The minimum Gasteiger partial charge on any atom is -0.394 e. The fourth-order valence-electron chi connectivity index (χ4n) is 0.476. The van der Waals surface area contributed by atoms with Gasteiger partial charge in [0.2, 0.25) is 0 Å². The Kier molecular flexibility index (Phi) is 5.15. The van der Waals surface area contributed by atoms with Crippen molar-refractivity contribution in [1.82, 2.24) is 0 Å². The minimum absolute atomic E-state index is 0.0359. The van der Waals surface area contributed by atoms with E-state index >= 15 is 0 Å². The van der Waals surface area contributed by atoms with Gasteiger partial charge in [-0.2, -0.15) is 0 Å². The molecule has 0 aliphatic heterocycles. The molecule has 56 valence electrons. The van der Waals surface area contributed by atoms with Crippen LogP contribution >= 0.6 is 11.6 Å². The van der Waals surface area contributed by atoms with Gasteiger partial charge in [-0.05, 0) is 13.8 Å². The molecule has 0 radical (unpaired) electrons. The second kappa shape index (κ2) is 5.03. The molecule has 0 spiro atoms. The van der Waals surface area contributed by atoms with Crippen molar-refractivity contribution in [3.8, 4) is 0 Å². The van der Waals surface area contributed by atoms with Gasteiger partial charge in [-0.3, -0.25) is 0 Å². The van der Waals surface area contributed by atoms with E-state index < -0.39 is 0 Å². The number of rotatable bonds is 4. The van der Waals surface area contributed by atoms with E-state index in [1.165, 1.54) is 0 Å². The molecule has 0 aliphatic rings. The van der Waals surface area contributed by atoms with Crippen LogP contribution in [0.5, 0.6) is 0 Å². The average molecular weight is 153 g/mol. The van der Waals surface area contributed by atoms with Crippen LogP contribution in [0.1, 0.15) is 13.8 Å². The van der Waals surface area contributed by atoms with Gasteiger partial charge in [-0.15, -0.1) is 11.6 Å². The number of halogens is 1. The average Bonchev–Trinajstić information content (AvgIpc) is 1.87. The number of aliphatic hydroxyl groups is 1. The summed E-state index contributed by atoms with van der Waals surface area (Å²) in [5.41, 5.74) is 0. The molecule has 0 aromatic carbocycles. The highest BCUT2D eigenvalue weighted by atomic mass is 35.5. The number of aliphatic hydroxyl groups excluding tert-OH is 1. The molecule has 9 heavy (non-hydrogen) atoms. The Balaban J connectivity index is 3.22. The highest BCUT2D eigenvalue weighted by molar-refractivity contribution is 6.18. The van der Waals surface area contributed by atoms with Crippen molar-refractivity contribution in [3.63, 3.8) is 0 Å². The van der Waals surface area contributed by atoms with Gasteiger partial charge < -0.3 is 9.84 Å². The molecule has 0 aliphatic carbocycles. The van der Waals surface area contributed by atoms with Gasteiger partial charge >= 0.3 is 0 Å². The third-order valence-corrected chi connectivity index (χ3v) is 1.37. The SMILES string of the molecule is CC(CO)OC(C)CCl. The third kappa shape index (κ3) is 4.70. The van der Waals surface area contributed by atoms with E-state index in [9.17, 15) is 0 Å². The van der Waals surface area contributed by atoms with Crippen LogP contribution in [-0.2, 0) is 4.74 Å². The maximum Gasteiger partial charge on any atom is 0.0781 e. The zero-order chi connectivity index (χ0) is 7.28. The van der Waals surface area contributed by atoms with Gasteiger partial charge in [0.05, 0.1) is 18.8 Å². The van der Waals surface area contributed by atoms with Crippen molar-refractivity contribution in [3.05, 3.63) is 0 Å². The van der Waals surface area contributed by atoms with Gasteiger partial charge in [0.25, 0.3) is 0 Å². The molecule has 3 heteroatoms. The Labute approximate surface area is 60.8 Å². The first-order valence-electron chi connectivity index (χ1n) is 3.03. The molecular formula is C6H13ClO2. The second-order valence-electron chi connectivity index (χ2n) is 2.09. The molecule has 2 nitrogen and oxygen atoms in total. The maximum absolute atomic E-state index is 8.51. The lowest BCUT2D eigenvalue weighted by Crippen LogP contribution is -2.21. The number of alkyl halides is 1. The van der Waals surface area contributed by atoms with E-state index in [-0.39, 0.29) is 18.8 Å². The Morgan fingerprint density at radius 1 is 1.44 bits per heavy atom. The van der Waals surface area contributed by atoms with Crippen LogP contribution in [0.3, 0.4) is 0 Å². The molecule has 0 bridgehead atoms. The molecule has 0 amide bonds. The highest BCUT2D eigenvalue weighted by Crippen LogP contribution is 1.98. The Morgan fingerprint density at radius 2 is 2.00 bits per heavy atom. The zero-order valence-corrected chi connectivity index (χ0v) is 6.56. The predicted octanol–water partition coefficient (Wildman–Crippen LogP) is 1.01. The maximum atomic E-state index is 8.51. The Hall–Kier alpha value is 0.210. The predicted molar refractivity (Wildman–Crippen MR) is 37.8 cm³/mol. The largest absolute Gasteiger partial charge is 0.394 e. The fraction of sp³-hybridized carbons (Fsp3) is 1.00. The summed E-state index contributed by atoms with van der Waals surface area (Å²) >= 11 is 5.45. The monoisotopic (exact) mass is 152 g/mol.